The number of rotatable bonds is 3. The highest BCUT2D eigenvalue weighted by Crippen LogP contribution is 2.42. The normalized spacial score (nSPS) is 21.1. The molecule has 0 spiro atoms. The predicted octanol–water partition coefficient (Wildman–Crippen LogP) is 4.18. The van der Waals surface area contributed by atoms with Gasteiger partial charge in [-0.15, -0.1) is 0 Å². The van der Waals surface area contributed by atoms with Gasteiger partial charge in [0.2, 0.25) is 0 Å². The van der Waals surface area contributed by atoms with Gasteiger partial charge in [-0.3, -0.25) is 0 Å². The lowest BCUT2D eigenvalue weighted by Gasteiger charge is -2.28. The van der Waals surface area contributed by atoms with E-state index in [0.29, 0.717) is 6.04 Å². The van der Waals surface area contributed by atoms with Crippen LogP contribution in [0.5, 0.6) is 0 Å². The Morgan fingerprint density at radius 3 is 2.47 bits per heavy atom. The molecule has 3 rings (SSSR count). The standard InChI is InChI=1S/C13H16ClN/c14-12-8-10(9-4-5-9)6-7-13(12)15-11-2-1-3-11/h6-9,11,15H,1-5H2. The first-order valence-corrected chi connectivity index (χ1v) is 6.27. The van der Waals surface area contributed by atoms with Crippen LogP contribution < -0.4 is 5.32 Å². The molecule has 80 valence electrons. The van der Waals surface area contributed by atoms with Crippen molar-refractivity contribution < 1.29 is 0 Å². The van der Waals surface area contributed by atoms with Crippen molar-refractivity contribution >= 4 is 17.3 Å². The summed E-state index contributed by atoms with van der Waals surface area (Å²) in [4.78, 5) is 0. The van der Waals surface area contributed by atoms with E-state index >= 15 is 0 Å². The zero-order chi connectivity index (χ0) is 10.3. The Morgan fingerprint density at radius 2 is 1.93 bits per heavy atom. The van der Waals surface area contributed by atoms with Gasteiger partial charge in [-0.25, -0.2) is 0 Å². The Bertz CT molecular complexity index is 367. The van der Waals surface area contributed by atoms with Gasteiger partial charge in [0.25, 0.3) is 0 Å². The van der Waals surface area contributed by atoms with Crippen molar-refractivity contribution in [2.24, 2.45) is 0 Å². The summed E-state index contributed by atoms with van der Waals surface area (Å²) < 4.78 is 0. The molecule has 0 heterocycles. The molecule has 15 heavy (non-hydrogen) atoms. The lowest BCUT2D eigenvalue weighted by molar-refractivity contribution is 0.445. The van der Waals surface area contributed by atoms with Crippen molar-refractivity contribution in [3.8, 4) is 0 Å². The van der Waals surface area contributed by atoms with Crippen molar-refractivity contribution in [2.75, 3.05) is 5.32 Å². The predicted molar refractivity (Wildman–Crippen MR) is 64.7 cm³/mol. The third kappa shape index (κ3) is 1.98. The van der Waals surface area contributed by atoms with Gasteiger partial charge in [0.1, 0.15) is 0 Å². The van der Waals surface area contributed by atoms with Gasteiger partial charge < -0.3 is 5.32 Å². The van der Waals surface area contributed by atoms with Crippen LogP contribution in [-0.4, -0.2) is 6.04 Å². The first-order chi connectivity index (χ1) is 7.33. The number of halogens is 1. The lowest BCUT2D eigenvalue weighted by atomic mass is 9.93. The van der Waals surface area contributed by atoms with E-state index in [1.54, 1.807) is 0 Å². The van der Waals surface area contributed by atoms with Crippen LogP contribution in [0.1, 0.15) is 43.6 Å². The van der Waals surface area contributed by atoms with E-state index in [1.165, 1.54) is 37.7 Å². The maximum Gasteiger partial charge on any atom is 0.0640 e. The van der Waals surface area contributed by atoms with Crippen LogP contribution in [0.2, 0.25) is 5.02 Å². The molecule has 1 aromatic carbocycles. The van der Waals surface area contributed by atoms with Gasteiger partial charge in [0.05, 0.1) is 10.7 Å². The summed E-state index contributed by atoms with van der Waals surface area (Å²) in [5.41, 5.74) is 2.53. The molecule has 2 heteroatoms. The van der Waals surface area contributed by atoms with E-state index in [1.807, 2.05) is 0 Å². The second-order valence-corrected chi connectivity index (χ2v) is 5.19. The molecule has 0 radical (unpaired) electrons. The van der Waals surface area contributed by atoms with Crippen molar-refractivity contribution in [1.82, 2.24) is 0 Å². The van der Waals surface area contributed by atoms with E-state index in [9.17, 15) is 0 Å². The first kappa shape index (κ1) is 9.53. The molecule has 2 saturated carbocycles. The Balaban J connectivity index is 1.75. The van der Waals surface area contributed by atoms with Crippen LogP contribution in [0.15, 0.2) is 18.2 Å². The highest BCUT2D eigenvalue weighted by molar-refractivity contribution is 6.33. The van der Waals surface area contributed by atoms with E-state index in [4.69, 9.17) is 11.6 Å². The van der Waals surface area contributed by atoms with E-state index in [-0.39, 0.29) is 0 Å². The molecule has 0 unspecified atom stereocenters. The average Bonchev–Trinajstić information content (AvgIpc) is 2.96. The molecule has 1 nitrogen and oxygen atoms in total. The molecule has 1 aromatic rings. The summed E-state index contributed by atoms with van der Waals surface area (Å²) in [5.74, 6) is 0.792. The van der Waals surface area contributed by atoms with Crippen LogP contribution in [0, 0.1) is 0 Å². The van der Waals surface area contributed by atoms with Crippen LogP contribution in [-0.2, 0) is 0 Å². The molecule has 0 aliphatic heterocycles. The highest BCUT2D eigenvalue weighted by atomic mass is 35.5. The SMILES string of the molecule is Clc1cc(C2CC2)ccc1NC1CCC1. The molecule has 2 fully saturated rings. The molecular formula is C13H16ClN. The smallest absolute Gasteiger partial charge is 0.0640 e. The maximum atomic E-state index is 6.26. The highest BCUT2D eigenvalue weighted by Gasteiger charge is 2.24. The van der Waals surface area contributed by atoms with Crippen molar-refractivity contribution in [3.05, 3.63) is 28.8 Å². The van der Waals surface area contributed by atoms with Crippen molar-refractivity contribution in [1.29, 1.82) is 0 Å². The minimum atomic E-state index is 0.661. The summed E-state index contributed by atoms with van der Waals surface area (Å²) in [6.45, 7) is 0. The molecule has 1 N–H and O–H groups in total. The Kier molecular flexibility index (Phi) is 2.36. The van der Waals surface area contributed by atoms with Crippen LogP contribution in [0.25, 0.3) is 0 Å². The minimum Gasteiger partial charge on any atom is -0.381 e. The van der Waals surface area contributed by atoms with E-state index < -0.39 is 0 Å². The third-order valence-corrected chi connectivity index (χ3v) is 3.82. The summed E-state index contributed by atoms with van der Waals surface area (Å²) in [5, 5.41) is 4.40. The summed E-state index contributed by atoms with van der Waals surface area (Å²) in [7, 11) is 0. The van der Waals surface area contributed by atoms with Crippen LogP contribution in [0.3, 0.4) is 0 Å². The van der Waals surface area contributed by atoms with Gasteiger partial charge >= 0.3 is 0 Å². The van der Waals surface area contributed by atoms with Crippen molar-refractivity contribution in [3.63, 3.8) is 0 Å². The quantitative estimate of drug-likeness (QED) is 0.808. The number of hydrogen-bond acceptors (Lipinski definition) is 1. The summed E-state index contributed by atoms with van der Waals surface area (Å²) in [6, 6.07) is 7.17. The number of hydrogen-bond donors (Lipinski definition) is 1. The fourth-order valence-electron chi connectivity index (χ4n) is 2.09. The van der Waals surface area contributed by atoms with E-state index in [0.717, 1.165) is 16.6 Å². The van der Waals surface area contributed by atoms with Gasteiger partial charge in [-0.05, 0) is 55.7 Å². The Hall–Kier alpha value is -0.690. The molecule has 0 amide bonds. The maximum absolute atomic E-state index is 6.26. The second-order valence-electron chi connectivity index (χ2n) is 4.79. The molecule has 0 bridgehead atoms. The summed E-state index contributed by atoms with van der Waals surface area (Å²) in [6.07, 6.45) is 6.62. The largest absolute Gasteiger partial charge is 0.381 e. The molecule has 0 aromatic heterocycles. The second kappa shape index (κ2) is 3.71. The van der Waals surface area contributed by atoms with E-state index in [2.05, 4.69) is 23.5 Å². The minimum absolute atomic E-state index is 0.661. The third-order valence-electron chi connectivity index (χ3n) is 3.51. The Labute approximate surface area is 95.8 Å². The van der Waals surface area contributed by atoms with Crippen LogP contribution >= 0.6 is 11.6 Å². The molecule has 2 aliphatic rings. The fraction of sp³-hybridized carbons (Fsp3) is 0.538. The zero-order valence-electron chi connectivity index (χ0n) is 8.80. The van der Waals surface area contributed by atoms with Gasteiger partial charge in [0.15, 0.2) is 0 Å². The Morgan fingerprint density at radius 1 is 1.13 bits per heavy atom. The first-order valence-electron chi connectivity index (χ1n) is 5.89. The molecule has 0 atom stereocenters. The molecular weight excluding hydrogens is 206 g/mol. The van der Waals surface area contributed by atoms with Gasteiger partial charge in [-0.1, -0.05) is 17.7 Å². The van der Waals surface area contributed by atoms with Gasteiger partial charge in [0, 0.05) is 6.04 Å². The molecule has 0 saturated heterocycles. The average molecular weight is 222 g/mol. The number of anilines is 1. The molecule has 2 aliphatic carbocycles. The van der Waals surface area contributed by atoms with Gasteiger partial charge in [-0.2, -0.15) is 0 Å². The number of benzene rings is 1. The zero-order valence-corrected chi connectivity index (χ0v) is 9.56. The fourth-order valence-corrected chi connectivity index (χ4v) is 2.34. The lowest BCUT2D eigenvalue weighted by Crippen LogP contribution is -2.27. The van der Waals surface area contributed by atoms with Crippen molar-refractivity contribution in [2.45, 2.75) is 44.1 Å². The summed E-state index contributed by atoms with van der Waals surface area (Å²) >= 11 is 6.26. The monoisotopic (exact) mass is 221 g/mol. The topological polar surface area (TPSA) is 12.0 Å². The number of nitrogens with one attached hydrogen (secondary N) is 1. The van der Waals surface area contributed by atoms with Crippen LogP contribution in [0.4, 0.5) is 5.69 Å².